The molecule has 3 heterocycles. The lowest BCUT2D eigenvalue weighted by Crippen LogP contribution is -2.32. The lowest BCUT2D eigenvalue weighted by Gasteiger charge is -2.16. The first kappa shape index (κ1) is 13.0. The number of methoxy groups -OCH3 is 1. The van der Waals surface area contributed by atoms with Crippen molar-refractivity contribution in [2.75, 3.05) is 7.11 Å². The fraction of sp³-hybridized carbons (Fsp3) is 0.500. The van der Waals surface area contributed by atoms with Gasteiger partial charge in [-0.2, -0.15) is 0 Å². The van der Waals surface area contributed by atoms with Gasteiger partial charge in [0.15, 0.2) is 30.9 Å². The molecule has 7 nitrogen and oxygen atoms in total. The number of ether oxygens (including phenoxy) is 5. The smallest absolute Gasteiger partial charge is 0.338 e. The SMILES string of the molecule is COc1ccc([C@H]2O[C@H]3O[C@H]4[C@H](OC(=O)[C@H]4O)[C@H]3O2)cc1. The van der Waals surface area contributed by atoms with Gasteiger partial charge in [0.2, 0.25) is 0 Å². The molecule has 0 saturated carbocycles. The van der Waals surface area contributed by atoms with E-state index in [0.717, 1.165) is 11.3 Å². The van der Waals surface area contributed by atoms with Crippen molar-refractivity contribution < 1.29 is 33.6 Å². The molecule has 0 amide bonds. The number of aliphatic hydroxyl groups excluding tert-OH is 1. The third-order valence-electron chi connectivity index (χ3n) is 3.94. The van der Waals surface area contributed by atoms with Crippen LogP contribution in [0.4, 0.5) is 0 Å². The highest BCUT2D eigenvalue weighted by Gasteiger charge is 2.61. The highest BCUT2D eigenvalue weighted by Crippen LogP contribution is 2.43. The molecule has 0 radical (unpaired) electrons. The maximum absolute atomic E-state index is 11.3. The average molecular weight is 294 g/mol. The van der Waals surface area contributed by atoms with Gasteiger partial charge in [-0.15, -0.1) is 0 Å². The van der Waals surface area contributed by atoms with Gasteiger partial charge in [0.25, 0.3) is 0 Å². The molecule has 3 fully saturated rings. The number of fused-ring (bicyclic) bond motifs is 3. The zero-order valence-corrected chi connectivity index (χ0v) is 11.2. The molecule has 6 atom stereocenters. The molecular weight excluding hydrogens is 280 g/mol. The van der Waals surface area contributed by atoms with Gasteiger partial charge in [-0.05, 0) is 12.1 Å². The van der Waals surface area contributed by atoms with Crippen LogP contribution in [0.5, 0.6) is 5.75 Å². The number of esters is 1. The number of aliphatic hydroxyl groups is 1. The van der Waals surface area contributed by atoms with Gasteiger partial charge < -0.3 is 28.8 Å². The highest BCUT2D eigenvalue weighted by atomic mass is 16.8. The van der Waals surface area contributed by atoms with Crippen molar-refractivity contribution in [1.29, 1.82) is 0 Å². The summed E-state index contributed by atoms with van der Waals surface area (Å²) < 4.78 is 27.2. The number of hydrogen-bond acceptors (Lipinski definition) is 7. The molecule has 7 heteroatoms. The molecule has 0 bridgehead atoms. The maximum Gasteiger partial charge on any atom is 0.338 e. The first-order chi connectivity index (χ1) is 10.2. The van der Waals surface area contributed by atoms with Crippen molar-refractivity contribution in [2.24, 2.45) is 0 Å². The Morgan fingerprint density at radius 2 is 1.81 bits per heavy atom. The molecule has 1 aromatic carbocycles. The van der Waals surface area contributed by atoms with E-state index in [-0.39, 0.29) is 0 Å². The molecule has 0 aliphatic carbocycles. The van der Waals surface area contributed by atoms with Gasteiger partial charge in [0.05, 0.1) is 7.11 Å². The van der Waals surface area contributed by atoms with E-state index in [1.54, 1.807) is 19.2 Å². The Kier molecular flexibility index (Phi) is 2.90. The van der Waals surface area contributed by atoms with Crippen molar-refractivity contribution in [3.63, 3.8) is 0 Å². The number of carbonyl (C=O) groups excluding carboxylic acids is 1. The van der Waals surface area contributed by atoms with E-state index in [1.165, 1.54) is 0 Å². The predicted octanol–water partition coefficient (Wildman–Crippen LogP) is 0.120. The van der Waals surface area contributed by atoms with Crippen LogP contribution < -0.4 is 4.74 Å². The van der Waals surface area contributed by atoms with E-state index in [2.05, 4.69) is 0 Å². The largest absolute Gasteiger partial charge is 0.497 e. The fourth-order valence-electron chi connectivity index (χ4n) is 2.84. The van der Waals surface area contributed by atoms with Crippen molar-refractivity contribution in [3.05, 3.63) is 29.8 Å². The molecule has 3 saturated heterocycles. The number of hydrogen-bond donors (Lipinski definition) is 1. The van der Waals surface area contributed by atoms with E-state index in [4.69, 9.17) is 23.7 Å². The van der Waals surface area contributed by atoms with Crippen LogP contribution in [0.3, 0.4) is 0 Å². The molecule has 0 aromatic heterocycles. The van der Waals surface area contributed by atoms with Crippen LogP contribution in [0.25, 0.3) is 0 Å². The third kappa shape index (κ3) is 1.93. The second-order valence-corrected chi connectivity index (χ2v) is 5.16. The minimum atomic E-state index is -1.27. The summed E-state index contributed by atoms with van der Waals surface area (Å²) in [4.78, 5) is 11.3. The first-order valence-electron chi connectivity index (χ1n) is 6.66. The molecule has 112 valence electrons. The Morgan fingerprint density at radius 3 is 2.52 bits per heavy atom. The Balaban J connectivity index is 1.50. The predicted molar refractivity (Wildman–Crippen MR) is 66.2 cm³/mol. The van der Waals surface area contributed by atoms with E-state index >= 15 is 0 Å². The Hall–Kier alpha value is -1.67. The summed E-state index contributed by atoms with van der Waals surface area (Å²) in [7, 11) is 1.59. The van der Waals surface area contributed by atoms with E-state index in [0.29, 0.717) is 0 Å². The Labute approximate surface area is 120 Å². The van der Waals surface area contributed by atoms with Crippen LogP contribution in [0, 0.1) is 0 Å². The molecule has 21 heavy (non-hydrogen) atoms. The molecule has 3 aliphatic rings. The van der Waals surface area contributed by atoms with Crippen LogP contribution >= 0.6 is 0 Å². The number of carbonyl (C=O) groups is 1. The van der Waals surface area contributed by atoms with Gasteiger partial charge in [0.1, 0.15) is 11.9 Å². The lowest BCUT2D eigenvalue weighted by atomic mass is 10.1. The molecule has 3 aliphatic heterocycles. The second-order valence-electron chi connectivity index (χ2n) is 5.16. The number of benzene rings is 1. The fourth-order valence-corrected chi connectivity index (χ4v) is 2.84. The molecular formula is C14H14O7. The van der Waals surface area contributed by atoms with E-state index in [9.17, 15) is 9.90 Å². The summed E-state index contributed by atoms with van der Waals surface area (Å²) in [6.45, 7) is 0. The summed E-state index contributed by atoms with van der Waals surface area (Å²) in [5.74, 6) is 0.0565. The average Bonchev–Trinajstić information content (AvgIpc) is 3.13. The lowest BCUT2D eigenvalue weighted by molar-refractivity contribution is -0.173. The monoisotopic (exact) mass is 294 g/mol. The second kappa shape index (κ2) is 4.67. The minimum Gasteiger partial charge on any atom is -0.497 e. The van der Waals surface area contributed by atoms with Crippen LogP contribution in [0.1, 0.15) is 11.9 Å². The molecule has 0 spiro atoms. The van der Waals surface area contributed by atoms with Crippen LogP contribution in [0.15, 0.2) is 24.3 Å². The molecule has 4 rings (SSSR count). The minimum absolute atomic E-state index is 0.525. The van der Waals surface area contributed by atoms with Crippen molar-refractivity contribution in [1.82, 2.24) is 0 Å². The molecule has 1 aromatic rings. The highest BCUT2D eigenvalue weighted by molar-refractivity contribution is 5.78. The standard InChI is InChI=1S/C14H14O7/c1-17-7-4-2-6(3-5-7)13-20-11-10-9(19-14(11)21-13)8(15)12(16)18-10/h2-5,8-11,13-15H,1H3/t8-,9+,10-,11+,13+,14+/m0/s1. The van der Waals surface area contributed by atoms with Crippen molar-refractivity contribution in [3.8, 4) is 5.75 Å². The summed E-state index contributed by atoms with van der Waals surface area (Å²) in [5, 5.41) is 9.64. The van der Waals surface area contributed by atoms with Crippen LogP contribution in [-0.4, -0.2) is 48.9 Å². The topological polar surface area (TPSA) is 83.5 Å². The molecule has 0 unspecified atom stereocenters. The van der Waals surface area contributed by atoms with Crippen molar-refractivity contribution in [2.45, 2.75) is 37.0 Å². The van der Waals surface area contributed by atoms with Gasteiger partial charge in [-0.1, -0.05) is 12.1 Å². The Bertz CT molecular complexity index is 557. The van der Waals surface area contributed by atoms with E-state index < -0.39 is 43.0 Å². The summed E-state index contributed by atoms with van der Waals surface area (Å²) in [6.07, 6.45) is -4.38. The normalized spacial score (nSPS) is 40.8. The molecule has 1 N–H and O–H groups in total. The van der Waals surface area contributed by atoms with Crippen LogP contribution in [0.2, 0.25) is 0 Å². The summed E-state index contributed by atoms with van der Waals surface area (Å²) in [6, 6.07) is 7.27. The van der Waals surface area contributed by atoms with Crippen molar-refractivity contribution >= 4 is 5.97 Å². The summed E-state index contributed by atoms with van der Waals surface area (Å²) in [5.41, 5.74) is 0.815. The van der Waals surface area contributed by atoms with Gasteiger partial charge in [-0.25, -0.2) is 4.79 Å². The van der Waals surface area contributed by atoms with Gasteiger partial charge in [-0.3, -0.25) is 0 Å². The Morgan fingerprint density at radius 1 is 1.05 bits per heavy atom. The zero-order chi connectivity index (χ0) is 14.6. The quantitative estimate of drug-likeness (QED) is 0.776. The summed E-state index contributed by atoms with van der Waals surface area (Å²) >= 11 is 0. The zero-order valence-electron chi connectivity index (χ0n) is 11.2. The maximum atomic E-state index is 11.3. The third-order valence-corrected chi connectivity index (χ3v) is 3.94. The number of rotatable bonds is 2. The van der Waals surface area contributed by atoms with E-state index in [1.807, 2.05) is 12.1 Å². The van der Waals surface area contributed by atoms with Gasteiger partial charge >= 0.3 is 5.97 Å². The van der Waals surface area contributed by atoms with Crippen LogP contribution in [-0.2, 0) is 23.7 Å². The van der Waals surface area contributed by atoms with Gasteiger partial charge in [0, 0.05) is 5.56 Å². The first-order valence-corrected chi connectivity index (χ1v) is 6.66.